The highest BCUT2D eigenvalue weighted by Crippen LogP contribution is 2.28. The smallest absolute Gasteiger partial charge is 0.371 e. The van der Waals surface area contributed by atoms with Crippen LogP contribution < -0.4 is 5.32 Å². The molecule has 1 heterocycles. The molecule has 0 spiro atoms. The van der Waals surface area contributed by atoms with Gasteiger partial charge in [0.2, 0.25) is 5.76 Å². The predicted molar refractivity (Wildman–Crippen MR) is 54.8 cm³/mol. The van der Waals surface area contributed by atoms with E-state index in [2.05, 4.69) is 5.32 Å². The number of carboxylic acid groups (broad SMARTS) is 1. The summed E-state index contributed by atoms with van der Waals surface area (Å²) < 4.78 is 5.20. The van der Waals surface area contributed by atoms with Gasteiger partial charge in [-0.25, -0.2) is 4.79 Å². The zero-order chi connectivity index (χ0) is 10.8. The molecule has 1 saturated carbocycles. The van der Waals surface area contributed by atoms with E-state index < -0.39 is 5.97 Å². The fourth-order valence-electron chi connectivity index (χ4n) is 1.47. The highest BCUT2D eigenvalue weighted by Gasteiger charge is 2.22. The highest BCUT2D eigenvalue weighted by molar-refractivity contribution is 5.84. The first-order valence-electron chi connectivity index (χ1n) is 5.23. The third kappa shape index (κ3) is 2.59. The molecule has 4 nitrogen and oxygen atoms in total. The number of carboxylic acids is 1. The fraction of sp³-hybridized carbons (Fsp3) is 0.545. The molecule has 1 fully saturated rings. The lowest BCUT2D eigenvalue weighted by Crippen LogP contribution is -2.20. The van der Waals surface area contributed by atoms with Crippen molar-refractivity contribution in [2.45, 2.75) is 25.8 Å². The molecule has 2 N–H and O–H groups in total. The third-order valence-electron chi connectivity index (χ3n) is 2.67. The first-order valence-corrected chi connectivity index (χ1v) is 5.23. The van der Waals surface area contributed by atoms with Crippen molar-refractivity contribution in [2.75, 3.05) is 6.54 Å². The number of furan rings is 1. The van der Waals surface area contributed by atoms with Crippen molar-refractivity contribution in [3.8, 4) is 0 Å². The van der Waals surface area contributed by atoms with Gasteiger partial charge in [0.1, 0.15) is 5.76 Å². The Balaban J connectivity index is 1.91. The summed E-state index contributed by atoms with van der Waals surface area (Å²) in [6, 6.07) is 3.29. The summed E-state index contributed by atoms with van der Waals surface area (Å²) in [5.74, 6) is 0.482. The molecular formula is C11H15NO3. The average molecular weight is 209 g/mol. The standard InChI is InChI=1S/C11H15NO3/c1-7(12-6-8-2-3-8)9-4-5-10(15-9)11(13)14/h4-5,7-8,12H,2-3,6H2,1H3,(H,13,14). The monoisotopic (exact) mass is 209 g/mol. The molecule has 0 aliphatic heterocycles. The van der Waals surface area contributed by atoms with Gasteiger partial charge in [0.15, 0.2) is 0 Å². The van der Waals surface area contributed by atoms with Gasteiger partial charge in [-0.05, 0) is 44.4 Å². The molecule has 2 rings (SSSR count). The largest absolute Gasteiger partial charge is 0.475 e. The molecule has 1 aromatic heterocycles. The van der Waals surface area contributed by atoms with Gasteiger partial charge in [0.25, 0.3) is 0 Å². The SMILES string of the molecule is CC(NCC1CC1)c1ccc(C(=O)O)o1. The van der Waals surface area contributed by atoms with E-state index in [1.165, 1.54) is 18.9 Å². The van der Waals surface area contributed by atoms with E-state index in [0.717, 1.165) is 12.5 Å². The second-order valence-corrected chi connectivity index (χ2v) is 4.08. The van der Waals surface area contributed by atoms with Crippen LogP contribution in [0.5, 0.6) is 0 Å². The van der Waals surface area contributed by atoms with E-state index in [1.807, 2.05) is 6.92 Å². The molecule has 15 heavy (non-hydrogen) atoms. The van der Waals surface area contributed by atoms with E-state index >= 15 is 0 Å². The molecule has 1 unspecified atom stereocenters. The third-order valence-corrected chi connectivity index (χ3v) is 2.67. The van der Waals surface area contributed by atoms with Crippen molar-refractivity contribution in [2.24, 2.45) is 5.92 Å². The number of hydrogen-bond acceptors (Lipinski definition) is 3. The van der Waals surface area contributed by atoms with Gasteiger partial charge in [0, 0.05) is 0 Å². The Morgan fingerprint density at radius 3 is 2.93 bits per heavy atom. The summed E-state index contributed by atoms with van der Waals surface area (Å²) in [7, 11) is 0. The Morgan fingerprint density at radius 2 is 2.40 bits per heavy atom. The molecule has 1 aliphatic carbocycles. The minimum atomic E-state index is -1.02. The van der Waals surface area contributed by atoms with Gasteiger partial charge in [0.05, 0.1) is 6.04 Å². The van der Waals surface area contributed by atoms with Gasteiger partial charge >= 0.3 is 5.97 Å². The normalized spacial score (nSPS) is 17.7. The van der Waals surface area contributed by atoms with Gasteiger partial charge in [-0.15, -0.1) is 0 Å². The van der Waals surface area contributed by atoms with Crippen LogP contribution in [-0.4, -0.2) is 17.6 Å². The summed E-state index contributed by atoms with van der Waals surface area (Å²) in [5, 5.41) is 12.0. The quantitative estimate of drug-likeness (QED) is 0.779. The summed E-state index contributed by atoms with van der Waals surface area (Å²) in [6.45, 7) is 2.97. The van der Waals surface area contributed by atoms with E-state index in [9.17, 15) is 4.79 Å². The van der Waals surface area contributed by atoms with Crippen molar-refractivity contribution in [3.05, 3.63) is 23.7 Å². The van der Waals surface area contributed by atoms with Crippen molar-refractivity contribution >= 4 is 5.97 Å². The van der Waals surface area contributed by atoms with Gasteiger partial charge < -0.3 is 14.8 Å². The maximum absolute atomic E-state index is 10.6. The van der Waals surface area contributed by atoms with Crippen LogP contribution in [0.25, 0.3) is 0 Å². The van der Waals surface area contributed by atoms with Crippen molar-refractivity contribution in [3.63, 3.8) is 0 Å². The Kier molecular flexibility index (Phi) is 2.77. The van der Waals surface area contributed by atoms with Crippen molar-refractivity contribution in [1.29, 1.82) is 0 Å². The van der Waals surface area contributed by atoms with Crippen LogP contribution in [0.15, 0.2) is 16.5 Å². The van der Waals surface area contributed by atoms with Crippen LogP contribution in [0.4, 0.5) is 0 Å². The molecule has 1 aliphatic rings. The van der Waals surface area contributed by atoms with Crippen LogP contribution >= 0.6 is 0 Å². The molecule has 0 bridgehead atoms. The lowest BCUT2D eigenvalue weighted by atomic mass is 10.2. The maximum atomic E-state index is 10.6. The van der Waals surface area contributed by atoms with Crippen LogP contribution in [-0.2, 0) is 0 Å². The van der Waals surface area contributed by atoms with Crippen LogP contribution in [0, 0.1) is 5.92 Å². The second-order valence-electron chi connectivity index (χ2n) is 4.08. The molecular weight excluding hydrogens is 194 g/mol. The lowest BCUT2D eigenvalue weighted by Gasteiger charge is -2.10. The molecule has 82 valence electrons. The number of carbonyl (C=O) groups is 1. The molecule has 4 heteroatoms. The Labute approximate surface area is 88.3 Å². The first kappa shape index (κ1) is 10.2. The van der Waals surface area contributed by atoms with Crippen LogP contribution in [0.1, 0.15) is 42.1 Å². The molecule has 0 amide bonds. The minimum Gasteiger partial charge on any atom is -0.475 e. The highest BCUT2D eigenvalue weighted by atomic mass is 16.4. The molecule has 0 aromatic carbocycles. The van der Waals surface area contributed by atoms with Gasteiger partial charge in [-0.3, -0.25) is 0 Å². The van der Waals surface area contributed by atoms with E-state index in [-0.39, 0.29) is 11.8 Å². The van der Waals surface area contributed by atoms with Crippen molar-refractivity contribution in [1.82, 2.24) is 5.32 Å². The number of hydrogen-bond donors (Lipinski definition) is 2. The van der Waals surface area contributed by atoms with Gasteiger partial charge in [-0.2, -0.15) is 0 Å². The van der Waals surface area contributed by atoms with Gasteiger partial charge in [-0.1, -0.05) is 0 Å². The first-order chi connectivity index (χ1) is 7.16. The molecule has 0 radical (unpaired) electrons. The lowest BCUT2D eigenvalue weighted by molar-refractivity contribution is 0.0659. The van der Waals surface area contributed by atoms with Crippen molar-refractivity contribution < 1.29 is 14.3 Å². The van der Waals surface area contributed by atoms with Crippen LogP contribution in [0.2, 0.25) is 0 Å². The zero-order valence-electron chi connectivity index (χ0n) is 8.69. The average Bonchev–Trinajstić information content (AvgIpc) is 2.88. The maximum Gasteiger partial charge on any atom is 0.371 e. The number of rotatable bonds is 5. The van der Waals surface area contributed by atoms with Crippen LogP contribution in [0.3, 0.4) is 0 Å². The summed E-state index contributed by atoms with van der Waals surface area (Å²) in [4.78, 5) is 10.6. The topological polar surface area (TPSA) is 62.5 Å². The Morgan fingerprint density at radius 1 is 1.67 bits per heavy atom. The zero-order valence-corrected chi connectivity index (χ0v) is 8.69. The summed E-state index contributed by atoms with van der Waals surface area (Å²) in [5.41, 5.74) is 0. The van der Waals surface area contributed by atoms with E-state index in [4.69, 9.17) is 9.52 Å². The summed E-state index contributed by atoms with van der Waals surface area (Å²) >= 11 is 0. The van der Waals surface area contributed by atoms with E-state index in [1.54, 1.807) is 6.07 Å². The number of aromatic carboxylic acids is 1. The fourth-order valence-corrected chi connectivity index (χ4v) is 1.47. The molecule has 1 atom stereocenters. The Bertz CT molecular complexity index is 354. The van der Waals surface area contributed by atoms with E-state index in [0.29, 0.717) is 5.76 Å². The predicted octanol–water partition coefficient (Wildman–Crippen LogP) is 2.04. The minimum absolute atomic E-state index is 0.00470. The second kappa shape index (κ2) is 4.06. The molecule has 1 aromatic rings. The molecule has 0 saturated heterocycles. The Hall–Kier alpha value is -1.29. The summed E-state index contributed by atoms with van der Waals surface area (Å²) in [6.07, 6.45) is 2.61. The number of nitrogens with one attached hydrogen (secondary N) is 1.